The van der Waals surface area contributed by atoms with Gasteiger partial charge in [-0.2, -0.15) is 16.8 Å². The predicted molar refractivity (Wildman–Crippen MR) is 220 cm³/mol. The lowest BCUT2D eigenvalue weighted by molar-refractivity contribution is -0.183. The molecular formula is C43H65N5O6S. The molecule has 3 saturated carbocycles. The van der Waals surface area contributed by atoms with E-state index in [2.05, 4.69) is 42.4 Å². The number of amides is 2. The van der Waals surface area contributed by atoms with Gasteiger partial charge in [0.05, 0.1) is 26.4 Å². The first-order chi connectivity index (χ1) is 26.1. The number of rotatable bonds is 15. The number of hydrogen-bond donors (Lipinski definition) is 4. The lowest BCUT2D eigenvalue weighted by atomic mass is 9.45. The van der Waals surface area contributed by atoms with Crippen LogP contribution in [0.15, 0.2) is 36.4 Å². The Hall–Kier alpha value is -2.87. The molecule has 55 heavy (non-hydrogen) atoms. The minimum absolute atomic E-state index is 0.0279. The van der Waals surface area contributed by atoms with Gasteiger partial charge in [-0.25, -0.2) is 0 Å². The molecule has 2 aromatic rings. The molecule has 2 bridgehead atoms. The maximum Gasteiger partial charge on any atom is 0.251 e. The fraction of sp³-hybridized carbons (Fsp3) is 0.674. The molecule has 2 heterocycles. The van der Waals surface area contributed by atoms with E-state index in [0.717, 1.165) is 41.8 Å². The third kappa shape index (κ3) is 8.84. The van der Waals surface area contributed by atoms with E-state index in [1.807, 2.05) is 75.2 Å². The summed E-state index contributed by atoms with van der Waals surface area (Å²) in [5.41, 5.74) is 4.14. The number of ether oxygens (including phenoxy) is 1. The highest BCUT2D eigenvalue weighted by molar-refractivity contribution is 8.00. The van der Waals surface area contributed by atoms with Crippen molar-refractivity contribution in [2.24, 2.45) is 29.1 Å². The van der Waals surface area contributed by atoms with Gasteiger partial charge < -0.3 is 35.4 Å². The summed E-state index contributed by atoms with van der Waals surface area (Å²) in [5, 5.41) is 30.3. The van der Waals surface area contributed by atoms with Crippen LogP contribution in [-0.4, -0.2) is 122 Å². The number of methoxy groups -OCH3 is 1. The Labute approximate surface area is 332 Å². The average molecular weight is 780 g/mol. The van der Waals surface area contributed by atoms with Crippen LogP contribution in [0.1, 0.15) is 75.7 Å². The Bertz CT molecular complexity index is 1660. The molecule has 3 aliphatic carbocycles. The van der Waals surface area contributed by atoms with E-state index in [1.54, 1.807) is 19.1 Å². The number of anilines is 1. The van der Waals surface area contributed by atoms with Crippen molar-refractivity contribution in [3.05, 3.63) is 47.5 Å². The van der Waals surface area contributed by atoms with Crippen molar-refractivity contribution in [2.75, 3.05) is 59.1 Å². The van der Waals surface area contributed by atoms with Gasteiger partial charge in [-0.05, 0) is 106 Å². The van der Waals surface area contributed by atoms with Crippen LogP contribution in [-0.2, 0) is 16.2 Å². The highest BCUT2D eigenvalue weighted by atomic mass is 32.2. The Balaban J connectivity index is 1.27. The lowest BCUT2D eigenvalue weighted by Crippen LogP contribution is -2.62. The fourth-order valence-corrected chi connectivity index (χ4v) is 11.4. The molecule has 1 unspecified atom stereocenters. The molecular weight excluding hydrogens is 715 g/mol. The first-order valence-corrected chi connectivity index (χ1v) is 21.3. The van der Waals surface area contributed by atoms with E-state index in [9.17, 15) is 19.8 Å². The molecule has 0 radical (unpaired) electrons. The minimum atomic E-state index is -0.894. The van der Waals surface area contributed by atoms with Crippen molar-refractivity contribution in [3.63, 3.8) is 0 Å². The van der Waals surface area contributed by atoms with Crippen LogP contribution >= 0.6 is 11.8 Å². The van der Waals surface area contributed by atoms with Gasteiger partial charge in [-0.3, -0.25) is 14.4 Å². The van der Waals surface area contributed by atoms with E-state index in [1.165, 1.54) is 25.0 Å². The number of aliphatic hydroxyl groups excluding tert-OH is 2. The van der Waals surface area contributed by atoms with Crippen LogP contribution in [0.2, 0.25) is 0 Å². The number of thioether (sulfide) groups is 1. The summed E-state index contributed by atoms with van der Waals surface area (Å²) >= 11 is 2.01. The van der Waals surface area contributed by atoms with Gasteiger partial charge in [0.2, 0.25) is 5.91 Å². The fourth-order valence-electron chi connectivity index (χ4n) is 10.0. The van der Waals surface area contributed by atoms with Crippen LogP contribution < -0.4 is 20.3 Å². The second-order valence-corrected chi connectivity index (χ2v) is 19.1. The van der Waals surface area contributed by atoms with Crippen LogP contribution in [0.5, 0.6) is 5.75 Å². The molecule has 2 saturated heterocycles. The van der Waals surface area contributed by atoms with Gasteiger partial charge in [0, 0.05) is 66.3 Å². The SMILES string of the molecule is COc1c(CN2O[C@@H](CO)[C@@H]([C@H](C)O)[C@H]2C(=O)N[C@H]2C[C@H]3C[C@@H]([C@@H]2C)C3(C)C)cccc1-c1cc(C(=O)N[C@@H](CC2CCCS2)CN(C)C)cc(N(C)C)c1. The van der Waals surface area contributed by atoms with E-state index >= 15 is 0 Å². The monoisotopic (exact) mass is 779 g/mol. The molecule has 4 N–H and O–H groups in total. The maximum absolute atomic E-state index is 14.3. The number of hydrogen-bond acceptors (Lipinski definition) is 10. The summed E-state index contributed by atoms with van der Waals surface area (Å²) in [5.74, 6) is 2.32. The molecule has 12 heteroatoms. The molecule has 0 aromatic heterocycles. The van der Waals surface area contributed by atoms with Gasteiger partial charge in [0.15, 0.2) is 0 Å². The summed E-state index contributed by atoms with van der Waals surface area (Å²) in [6.07, 6.45) is 3.86. The quantitative estimate of drug-likeness (QED) is 0.196. The van der Waals surface area contributed by atoms with E-state index in [-0.39, 0.29) is 42.5 Å². The number of aliphatic hydroxyl groups is 2. The van der Waals surface area contributed by atoms with E-state index in [0.29, 0.717) is 34.3 Å². The molecule has 5 aliphatic rings. The van der Waals surface area contributed by atoms with Gasteiger partial charge >= 0.3 is 0 Å². The number of para-hydroxylation sites is 1. The smallest absolute Gasteiger partial charge is 0.251 e. The number of carbonyl (C=O) groups is 2. The Kier molecular flexibility index (Phi) is 13.1. The molecule has 10 atom stereocenters. The molecule has 2 amide bonds. The van der Waals surface area contributed by atoms with E-state index in [4.69, 9.17) is 9.57 Å². The zero-order valence-electron chi connectivity index (χ0n) is 34.4. The second kappa shape index (κ2) is 17.3. The van der Waals surface area contributed by atoms with Crippen molar-refractivity contribution in [1.29, 1.82) is 0 Å². The van der Waals surface area contributed by atoms with Crippen molar-refractivity contribution in [2.45, 2.75) is 102 Å². The molecule has 11 nitrogen and oxygen atoms in total. The zero-order chi connectivity index (χ0) is 39.8. The summed E-state index contributed by atoms with van der Waals surface area (Å²) in [7, 11) is 9.64. The highest BCUT2D eigenvalue weighted by Gasteiger charge is 2.57. The first-order valence-electron chi connectivity index (χ1n) is 20.2. The third-order valence-corrected chi connectivity index (χ3v) is 14.6. The van der Waals surface area contributed by atoms with E-state index < -0.39 is 24.2 Å². The number of benzene rings is 2. The summed E-state index contributed by atoms with van der Waals surface area (Å²) in [6, 6.07) is 11.0. The summed E-state index contributed by atoms with van der Waals surface area (Å²) in [4.78, 5) is 38.7. The van der Waals surface area contributed by atoms with Gasteiger partial charge in [-0.15, -0.1) is 0 Å². The second-order valence-electron chi connectivity index (χ2n) is 17.7. The molecule has 2 aromatic carbocycles. The zero-order valence-corrected chi connectivity index (χ0v) is 35.2. The maximum atomic E-state index is 14.3. The van der Waals surface area contributed by atoms with Crippen LogP contribution in [0.25, 0.3) is 11.1 Å². The first kappa shape index (κ1) is 41.8. The normalized spacial score (nSPS) is 29.7. The number of likely N-dealkylation sites (N-methyl/N-ethyl adjacent to an activating group) is 1. The van der Waals surface area contributed by atoms with Gasteiger partial charge in [0.25, 0.3) is 5.91 Å². The van der Waals surface area contributed by atoms with Crippen LogP contribution in [0.4, 0.5) is 5.69 Å². The van der Waals surface area contributed by atoms with Gasteiger partial charge in [-0.1, -0.05) is 39.0 Å². The largest absolute Gasteiger partial charge is 0.496 e. The molecule has 304 valence electrons. The molecule has 0 spiro atoms. The Morgan fingerprint density at radius 3 is 2.51 bits per heavy atom. The Morgan fingerprint density at radius 1 is 1.15 bits per heavy atom. The third-order valence-electron chi connectivity index (χ3n) is 13.2. The van der Waals surface area contributed by atoms with Crippen molar-refractivity contribution in [1.82, 2.24) is 20.6 Å². The highest BCUT2D eigenvalue weighted by Crippen LogP contribution is 2.61. The minimum Gasteiger partial charge on any atom is -0.496 e. The molecule has 5 fully saturated rings. The van der Waals surface area contributed by atoms with Crippen molar-refractivity contribution in [3.8, 4) is 16.9 Å². The number of nitrogens with one attached hydrogen (secondary N) is 2. The summed E-state index contributed by atoms with van der Waals surface area (Å²) in [6.45, 7) is 9.20. The van der Waals surface area contributed by atoms with Crippen LogP contribution in [0.3, 0.4) is 0 Å². The van der Waals surface area contributed by atoms with Gasteiger partial charge in [0.1, 0.15) is 17.9 Å². The molecule has 7 rings (SSSR count). The predicted octanol–water partition coefficient (Wildman–Crippen LogP) is 5.03. The number of carbonyl (C=O) groups excluding carboxylic acids is 2. The van der Waals surface area contributed by atoms with Crippen molar-refractivity contribution >= 4 is 29.3 Å². The summed E-state index contributed by atoms with van der Waals surface area (Å²) < 4.78 is 6.12. The average Bonchev–Trinajstić information content (AvgIpc) is 3.79. The lowest BCUT2D eigenvalue weighted by Gasteiger charge is -2.62. The van der Waals surface area contributed by atoms with Crippen LogP contribution in [0, 0.1) is 29.1 Å². The number of hydroxylamine groups is 2. The Morgan fingerprint density at radius 2 is 1.91 bits per heavy atom. The van der Waals surface area contributed by atoms with Crippen molar-refractivity contribution < 1.29 is 29.4 Å². The standard InChI is InChI=1S/C43H65N5O6S/c1-25-35-19-30(43(35,3)4)20-36(25)45-42(52)39-38(26(2)50)37(24-49)54-48(39)22-27-12-10-14-34(40(27)53-9)28-16-29(18-32(17-28)47(7)8)41(51)44-31(23-46(5)6)21-33-13-11-15-55-33/h10,12,14,16-18,25-26,30-31,33,35-39,49-50H,11,13,15,19-24H2,1-9H3,(H,44,51)(H,45,52)/t25-,26-,30+,31-,33?,35-,36-,37-,38+,39-/m0/s1. The number of nitrogens with zero attached hydrogens (tertiary/aromatic N) is 3. The number of fused-ring (bicyclic) bond motifs is 2. The molecule has 2 aliphatic heterocycles. The topological polar surface area (TPSA) is 127 Å².